The number of aromatic nitrogens is 1. The van der Waals surface area contributed by atoms with E-state index in [0.717, 1.165) is 34.8 Å². The first kappa shape index (κ1) is 10.1. The van der Waals surface area contributed by atoms with E-state index in [9.17, 15) is 0 Å². The lowest BCUT2D eigenvalue weighted by Crippen LogP contribution is -2.10. The lowest BCUT2D eigenvalue weighted by Gasteiger charge is -2.07. The number of nitrogen functional groups attached to an aromatic ring is 1. The number of para-hydroxylation sites is 1. The van der Waals surface area contributed by atoms with Gasteiger partial charge in [0.25, 0.3) is 0 Å². The monoisotopic (exact) mass is 220 g/mol. The van der Waals surface area contributed by atoms with E-state index in [-0.39, 0.29) is 0 Å². The molecule has 0 amide bonds. The van der Waals surface area contributed by atoms with Crippen LogP contribution in [0.15, 0.2) is 42.5 Å². The topological polar surface area (TPSA) is 38.9 Å². The minimum absolute atomic E-state index is 0.834. The third kappa shape index (κ3) is 1.55. The highest BCUT2D eigenvalue weighted by Crippen LogP contribution is 2.26. The Labute approximate surface area is 101 Å². The first-order valence-corrected chi connectivity index (χ1v) is 5.86. The van der Waals surface area contributed by atoms with E-state index in [2.05, 4.69) is 30.0 Å². The molecule has 2 aromatic carbocycles. The van der Waals surface area contributed by atoms with Crippen LogP contribution in [-0.2, 0) is 0 Å². The minimum atomic E-state index is 0.834. The summed E-state index contributed by atoms with van der Waals surface area (Å²) in [6, 6.07) is 14.3. The van der Waals surface area contributed by atoms with Crippen molar-refractivity contribution in [2.75, 3.05) is 5.73 Å². The summed E-state index contributed by atoms with van der Waals surface area (Å²) in [5, 5.41) is 2.09. The van der Waals surface area contributed by atoms with E-state index in [4.69, 9.17) is 5.73 Å². The zero-order chi connectivity index (χ0) is 11.8. The van der Waals surface area contributed by atoms with Gasteiger partial charge in [-0.2, -0.15) is 0 Å². The third-order valence-corrected chi connectivity index (χ3v) is 3.19. The van der Waals surface area contributed by atoms with Crippen LogP contribution >= 0.6 is 0 Å². The molecule has 17 heavy (non-hydrogen) atoms. The Hall–Kier alpha value is -2.03. The van der Waals surface area contributed by atoms with Crippen LogP contribution in [0.2, 0.25) is 6.82 Å². The van der Waals surface area contributed by atoms with E-state index < -0.39 is 0 Å². The molecule has 0 saturated carbocycles. The van der Waals surface area contributed by atoms with Gasteiger partial charge in [-0.3, -0.25) is 0 Å². The molecule has 82 valence electrons. The van der Waals surface area contributed by atoms with Crippen LogP contribution in [0.25, 0.3) is 21.8 Å². The average molecular weight is 220 g/mol. The van der Waals surface area contributed by atoms with Gasteiger partial charge in [0.1, 0.15) is 0 Å². The fourth-order valence-corrected chi connectivity index (χ4v) is 2.19. The lowest BCUT2D eigenvalue weighted by molar-refractivity contribution is 1.50. The number of anilines is 1. The molecule has 0 spiro atoms. The van der Waals surface area contributed by atoms with Crippen molar-refractivity contribution in [2.45, 2.75) is 6.82 Å². The van der Waals surface area contributed by atoms with Gasteiger partial charge in [0.05, 0.1) is 16.7 Å². The molecule has 0 bridgehead atoms. The van der Waals surface area contributed by atoms with Gasteiger partial charge in [-0.25, -0.2) is 4.98 Å². The second-order valence-corrected chi connectivity index (χ2v) is 4.25. The number of nitrogens with two attached hydrogens (primary N) is 1. The maximum Gasteiger partial charge on any atom is 0.154 e. The van der Waals surface area contributed by atoms with E-state index >= 15 is 0 Å². The minimum Gasteiger partial charge on any atom is -0.398 e. The molecule has 2 nitrogen and oxygen atoms in total. The van der Waals surface area contributed by atoms with E-state index in [1.807, 2.05) is 24.3 Å². The van der Waals surface area contributed by atoms with Gasteiger partial charge >= 0.3 is 0 Å². The van der Waals surface area contributed by atoms with Crippen molar-refractivity contribution in [3.05, 3.63) is 42.5 Å². The van der Waals surface area contributed by atoms with Gasteiger partial charge in [0.15, 0.2) is 7.28 Å². The number of nitrogens with zero attached hydrogens (tertiary/aromatic N) is 1. The molecule has 0 atom stereocenters. The Morgan fingerprint density at radius 1 is 1.00 bits per heavy atom. The third-order valence-electron chi connectivity index (χ3n) is 3.19. The van der Waals surface area contributed by atoms with Crippen molar-refractivity contribution >= 4 is 40.2 Å². The zero-order valence-corrected chi connectivity index (χ0v) is 9.77. The van der Waals surface area contributed by atoms with Crippen molar-refractivity contribution in [3.8, 4) is 0 Å². The van der Waals surface area contributed by atoms with Gasteiger partial charge in [-0.05, 0) is 12.1 Å². The molecule has 0 aliphatic rings. The number of benzene rings is 2. The van der Waals surface area contributed by atoms with Crippen LogP contribution in [0, 0.1) is 0 Å². The molecule has 0 unspecified atom stereocenters. The van der Waals surface area contributed by atoms with Gasteiger partial charge in [-0.1, -0.05) is 42.6 Å². The average Bonchev–Trinajstić information content (AvgIpc) is 2.39. The summed E-state index contributed by atoms with van der Waals surface area (Å²) in [5.74, 6) is 0. The summed E-state index contributed by atoms with van der Waals surface area (Å²) in [4.78, 5) is 4.63. The van der Waals surface area contributed by atoms with Crippen molar-refractivity contribution in [1.29, 1.82) is 0 Å². The fraction of sp³-hybridized carbons (Fsp3) is 0.0714. The van der Waals surface area contributed by atoms with Gasteiger partial charge in [0.2, 0.25) is 0 Å². The summed E-state index contributed by atoms with van der Waals surface area (Å²) in [6.45, 7) is 2.14. The van der Waals surface area contributed by atoms with Crippen molar-refractivity contribution in [2.24, 2.45) is 0 Å². The van der Waals surface area contributed by atoms with Crippen LogP contribution in [0.3, 0.4) is 0 Å². The van der Waals surface area contributed by atoms with Crippen LogP contribution < -0.4 is 11.2 Å². The Kier molecular flexibility index (Phi) is 2.25. The molecule has 3 rings (SSSR count). The molecule has 0 radical (unpaired) electrons. The van der Waals surface area contributed by atoms with Gasteiger partial charge < -0.3 is 5.73 Å². The zero-order valence-electron chi connectivity index (χ0n) is 9.77. The Balaban J connectivity index is 2.46. The molecule has 1 heterocycles. The molecule has 0 aliphatic carbocycles. The second kappa shape index (κ2) is 3.77. The highest BCUT2D eigenvalue weighted by atomic mass is 14.7. The largest absolute Gasteiger partial charge is 0.398 e. The highest BCUT2D eigenvalue weighted by molar-refractivity contribution is 6.52. The Morgan fingerprint density at radius 3 is 2.59 bits per heavy atom. The van der Waals surface area contributed by atoms with Crippen LogP contribution in [0.4, 0.5) is 5.69 Å². The smallest absolute Gasteiger partial charge is 0.154 e. The van der Waals surface area contributed by atoms with Crippen molar-refractivity contribution in [1.82, 2.24) is 4.98 Å². The SMILES string of the molecule is CBc1ccc2nc3ccccc3c(N)c2c1. The number of fused-ring (bicyclic) bond motifs is 2. The first-order chi connectivity index (χ1) is 8.29. The molecule has 3 aromatic rings. The maximum absolute atomic E-state index is 6.24. The molecular formula is C14H13BN2. The molecule has 1 aromatic heterocycles. The second-order valence-electron chi connectivity index (χ2n) is 4.25. The summed E-state index contributed by atoms with van der Waals surface area (Å²) >= 11 is 0. The highest BCUT2D eigenvalue weighted by Gasteiger charge is 2.06. The van der Waals surface area contributed by atoms with Crippen LogP contribution in [0.5, 0.6) is 0 Å². The maximum atomic E-state index is 6.24. The number of rotatable bonds is 1. The molecule has 0 saturated heterocycles. The van der Waals surface area contributed by atoms with E-state index in [1.165, 1.54) is 5.46 Å². The summed E-state index contributed by atoms with van der Waals surface area (Å²) in [7, 11) is 1.02. The van der Waals surface area contributed by atoms with Gasteiger partial charge in [-0.15, -0.1) is 0 Å². The van der Waals surface area contributed by atoms with Crippen molar-refractivity contribution in [3.63, 3.8) is 0 Å². The summed E-state index contributed by atoms with van der Waals surface area (Å²) in [5.41, 5.74) is 10.3. The van der Waals surface area contributed by atoms with E-state index in [1.54, 1.807) is 0 Å². The summed E-state index contributed by atoms with van der Waals surface area (Å²) in [6.07, 6.45) is 0. The van der Waals surface area contributed by atoms with Crippen LogP contribution in [-0.4, -0.2) is 12.3 Å². The molecule has 3 heteroatoms. The molecule has 0 fully saturated rings. The quantitative estimate of drug-likeness (QED) is 0.503. The number of hydrogen-bond donors (Lipinski definition) is 1. The predicted octanol–water partition coefficient (Wildman–Crippen LogP) is 2.08. The predicted molar refractivity (Wildman–Crippen MR) is 76.3 cm³/mol. The van der Waals surface area contributed by atoms with Gasteiger partial charge in [0, 0.05) is 10.8 Å². The van der Waals surface area contributed by atoms with Crippen LogP contribution in [0.1, 0.15) is 0 Å². The fourth-order valence-electron chi connectivity index (χ4n) is 2.19. The molecule has 0 aliphatic heterocycles. The van der Waals surface area contributed by atoms with Crippen molar-refractivity contribution < 1.29 is 0 Å². The molecular weight excluding hydrogens is 207 g/mol. The number of pyridine rings is 1. The number of hydrogen-bond acceptors (Lipinski definition) is 2. The first-order valence-electron chi connectivity index (χ1n) is 5.86. The lowest BCUT2D eigenvalue weighted by atomic mass is 9.73. The van der Waals surface area contributed by atoms with E-state index in [0.29, 0.717) is 0 Å². The Bertz CT molecular complexity index is 707. The standard InChI is InChI=1S/C14H13BN2/c1-15-9-6-7-13-11(8-9)14(16)10-4-2-3-5-12(10)17-13/h2-8,15H,1H3,(H2,16,17). The normalized spacial score (nSPS) is 10.9. The Morgan fingerprint density at radius 2 is 1.76 bits per heavy atom. The molecule has 2 N–H and O–H groups in total. The summed E-state index contributed by atoms with van der Waals surface area (Å²) < 4.78 is 0.